The molecule has 0 atom stereocenters. The number of ether oxygens (including phenoxy) is 1. The molecule has 1 saturated heterocycles. The van der Waals surface area contributed by atoms with Crippen LogP contribution < -0.4 is 15.0 Å². The van der Waals surface area contributed by atoms with Crippen molar-refractivity contribution >= 4 is 29.2 Å². The number of carbonyl (C=O) groups is 3. The topological polar surface area (TPSA) is 78.9 Å². The summed E-state index contributed by atoms with van der Waals surface area (Å²) in [6.07, 6.45) is 0.280. The van der Waals surface area contributed by atoms with Crippen molar-refractivity contribution in [2.45, 2.75) is 39.5 Å². The van der Waals surface area contributed by atoms with Gasteiger partial charge in [-0.15, -0.1) is 0 Å². The van der Waals surface area contributed by atoms with Crippen molar-refractivity contribution in [3.8, 4) is 5.75 Å². The van der Waals surface area contributed by atoms with Crippen LogP contribution >= 0.6 is 0 Å². The lowest BCUT2D eigenvalue weighted by Crippen LogP contribution is -2.52. The number of carbonyl (C=O) groups excluding carboxylic acids is 3. The second-order valence-corrected chi connectivity index (χ2v) is 8.85. The number of esters is 1. The number of nitrogens with zero attached hydrogens (tertiary/aromatic N) is 2. The quantitative estimate of drug-likeness (QED) is 0.449. The largest absolute Gasteiger partial charge is 0.427 e. The molecule has 7 nitrogen and oxygen atoms in total. The van der Waals surface area contributed by atoms with Gasteiger partial charge in [-0.25, -0.2) is 0 Å². The number of anilines is 2. The Bertz CT molecular complexity index is 971. The van der Waals surface area contributed by atoms with E-state index in [0.29, 0.717) is 37.6 Å². The fraction of sp³-hybridized carbons (Fsp3) is 0.400. The molecule has 170 valence electrons. The van der Waals surface area contributed by atoms with Gasteiger partial charge in [-0.2, -0.15) is 0 Å². The minimum Gasteiger partial charge on any atom is -0.427 e. The molecule has 0 saturated carbocycles. The molecule has 0 bridgehead atoms. The Morgan fingerprint density at radius 2 is 1.56 bits per heavy atom. The molecule has 1 fully saturated rings. The molecule has 2 aromatic carbocycles. The molecule has 2 amide bonds. The summed E-state index contributed by atoms with van der Waals surface area (Å²) in [5.74, 6) is -1.16. The maximum atomic E-state index is 12.6. The lowest BCUT2D eigenvalue weighted by atomic mass is 9.85. The van der Waals surface area contributed by atoms with Crippen LogP contribution in [0.4, 0.5) is 11.4 Å². The summed E-state index contributed by atoms with van der Waals surface area (Å²) in [4.78, 5) is 40.3. The molecule has 0 radical (unpaired) electrons. The number of hydrogen-bond donors (Lipinski definition) is 1. The molecule has 0 aromatic heterocycles. The van der Waals surface area contributed by atoms with Crippen LogP contribution in [0.2, 0.25) is 0 Å². The van der Waals surface area contributed by atoms with Gasteiger partial charge in [0.05, 0.1) is 0 Å². The lowest BCUT2D eigenvalue weighted by molar-refractivity contribution is -0.143. The summed E-state index contributed by atoms with van der Waals surface area (Å²) in [5, 5.41) is 2.62. The predicted octanol–water partition coefficient (Wildman–Crippen LogP) is 3.59. The molecule has 0 aliphatic carbocycles. The number of hydrogen-bond acceptors (Lipinski definition) is 5. The van der Waals surface area contributed by atoms with Gasteiger partial charge in [-0.1, -0.05) is 45.9 Å². The van der Waals surface area contributed by atoms with Crippen LogP contribution in [0.15, 0.2) is 48.5 Å². The summed E-state index contributed by atoms with van der Waals surface area (Å²) in [6, 6.07) is 14.7. The molecular formula is C25H31N3O4. The summed E-state index contributed by atoms with van der Waals surface area (Å²) in [7, 11) is 0. The van der Waals surface area contributed by atoms with Gasteiger partial charge in [0.2, 0.25) is 0 Å². The molecule has 0 unspecified atom stereocenters. The van der Waals surface area contributed by atoms with Crippen molar-refractivity contribution in [3.05, 3.63) is 54.1 Å². The number of para-hydroxylation sites is 1. The zero-order valence-electron chi connectivity index (χ0n) is 19.2. The molecule has 1 aliphatic rings. The van der Waals surface area contributed by atoms with E-state index in [1.165, 1.54) is 11.3 Å². The molecular weight excluding hydrogens is 406 g/mol. The van der Waals surface area contributed by atoms with E-state index in [1.54, 1.807) is 36.1 Å². The van der Waals surface area contributed by atoms with Gasteiger partial charge in [0.1, 0.15) is 5.75 Å². The van der Waals surface area contributed by atoms with E-state index in [1.807, 2.05) is 6.07 Å². The predicted molar refractivity (Wildman–Crippen MR) is 125 cm³/mol. The number of amides is 2. The highest BCUT2D eigenvalue weighted by atomic mass is 16.5. The van der Waals surface area contributed by atoms with Crippen LogP contribution in [0.3, 0.4) is 0 Å². The number of nitrogens with one attached hydrogen (secondary N) is 1. The van der Waals surface area contributed by atoms with Crippen LogP contribution in [0, 0.1) is 0 Å². The first-order valence-electron chi connectivity index (χ1n) is 10.9. The zero-order valence-corrected chi connectivity index (χ0v) is 19.2. The van der Waals surface area contributed by atoms with Gasteiger partial charge < -0.3 is 19.9 Å². The third-order valence-electron chi connectivity index (χ3n) is 5.45. The van der Waals surface area contributed by atoms with Crippen molar-refractivity contribution in [2.24, 2.45) is 0 Å². The molecule has 3 rings (SSSR count). The average Bonchev–Trinajstić information content (AvgIpc) is 2.79. The second kappa shape index (κ2) is 9.85. The Balaban J connectivity index is 1.56. The Kier molecular flexibility index (Phi) is 7.18. The Morgan fingerprint density at radius 3 is 2.16 bits per heavy atom. The Morgan fingerprint density at radius 1 is 0.938 bits per heavy atom. The smallest absolute Gasteiger partial charge is 0.313 e. The van der Waals surface area contributed by atoms with E-state index in [2.05, 4.69) is 49.2 Å². The van der Waals surface area contributed by atoms with Gasteiger partial charge in [0.25, 0.3) is 0 Å². The maximum Gasteiger partial charge on any atom is 0.313 e. The van der Waals surface area contributed by atoms with E-state index >= 15 is 0 Å². The molecule has 32 heavy (non-hydrogen) atoms. The third kappa shape index (κ3) is 5.66. The van der Waals surface area contributed by atoms with Crippen molar-refractivity contribution in [2.75, 3.05) is 36.4 Å². The number of benzene rings is 2. The highest BCUT2D eigenvalue weighted by Gasteiger charge is 2.28. The van der Waals surface area contributed by atoms with Crippen LogP contribution in [0.5, 0.6) is 5.75 Å². The van der Waals surface area contributed by atoms with Gasteiger partial charge in [-0.3, -0.25) is 14.4 Å². The van der Waals surface area contributed by atoms with Crippen molar-refractivity contribution in [3.63, 3.8) is 0 Å². The maximum absolute atomic E-state index is 12.6. The fourth-order valence-electron chi connectivity index (χ4n) is 3.67. The molecule has 0 spiro atoms. The minimum atomic E-state index is -0.674. The van der Waals surface area contributed by atoms with Gasteiger partial charge in [0.15, 0.2) is 0 Å². The monoisotopic (exact) mass is 437 g/mol. The van der Waals surface area contributed by atoms with E-state index in [9.17, 15) is 14.4 Å². The molecule has 1 heterocycles. The summed E-state index contributed by atoms with van der Waals surface area (Å²) >= 11 is 0. The highest BCUT2D eigenvalue weighted by Crippen LogP contribution is 2.32. The van der Waals surface area contributed by atoms with Crippen molar-refractivity contribution in [1.29, 1.82) is 0 Å². The molecule has 7 heteroatoms. The second-order valence-electron chi connectivity index (χ2n) is 8.85. The Hall–Kier alpha value is -3.35. The molecule has 1 aliphatic heterocycles. The summed E-state index contributed by atoms with van der Waals surface area (Å²) in [5.41, 5.74) is 2.94. The van der Waals surface area contributed by atoms with Crippen LogP contribution in [-0.2, 0) is 19.8 Å². The third-order valence-corrected chi connectivity index (χ3v) is 5.45. The van der Waals surface area contributed by atoms with Crippen LogP contribution in [0.1, 0.15) is 39.7 Å². The normalized spacial score (nSPS) is 14.1. The summed E-state index contributed by atoms with van der Waals surface area (Å²) in [6.45, 7) is 10.6. The van der Waals surface area contributed by atoms with Gasteiger partial charge in [0, 0.05) is 44.0 Å². The molecule has 2 aromatic rings. The van der Waals surface area contributed by atoms with Crippen LogP contribution in [0.25, 0.3) is 0 Å². The first-order chi connectivity index (χ1) is 15.2. The van der Waals surface area contributed by atoms with Crippen LogP contribution in [-0.4, -0.2) is 48.9 Å². The first kappa shape index (κ1) is 23.3. The van der Waals surface area contributed by atoms with E-state index in [0.717, 1.165) is 0 Å². The van der Waals surface area contributed by atoms with Crippen molar-refractivity contribution < 1.29 is 19.1 Å². The number of rotatable bonds is 4. The van der Waals surface area contributed by atoms with Crippen molar-refractivity contribution in [1.82, 2.24) is 4.90 Å². The van der Waals surface area contributed by atoms with E-state index in [-0.39, 0.29) is 17.8 Å². The van der Waals surface area contributed by atoms with E-state index in [4.69, 9.17) is 4.74 Å². The average molecular weight is 438 g/mol. The fourth-order valence-corrected chi connectivity index (χ4v) is 3.67. The lowest BCUT2D eigenvalue weighted by Gasteiger charge is -2.38. The minimum absolute atomic E-state index is 0.0217. The first-order valence-corrected chi connectivity index (χ1v) is 10.9. The zero-order chi connectivity index (χ0) is 23.3. The standard InChI is InChI=1S/C25H31N3O4/c1-5-22(29)32-19-12-10-18(11-13-19)26-23(30)24(31)28-16-14-27(15-17-28)21-9-7-6-8-20(21)25(2,3)4/h6-13H,5,14-17H2,1-4H3,(H,26,30). The summed E-state index contributed by atoms with van der Waals surface area (Å²) < 4.78 is 5.11. The van der Waals surface area contributed by atoms with E-state index < -0.39 is 11.8 Å². The molecule has 1 N–H and O–H groups in total. The van der Waals surface area contributed by atoms with Gasteiger partial charge in [-0.05, 0) is 41.3 Å². The SMILES string of the molecule is CCC(=O)Oc1ccc(NC(=O)C(=O)N2CCN(c3ccccc3C(C)(C)C)CC2)cc1. The number of piperazine rings is 1. The highest BCUT2D eigenvalue weighted by molar-refractivity contribution is 6.39. The van der Waals surface area contributed by atoms with Gasteiger partial charge >= 0.3 is 17.8 Å². The Labute approximate surface area is 189 Å².